The van der Waals surface area contributed by atoms with E-state index in [-0.39, 0.29) is 16.4 Å². The molecule has 0 fully saturated rings. The lowest BCUT2D eigenvalue weighted by Gasteiger charge is -2.13. The van der Waals surface area contributed by atoms with Crippen LogP contribution < -0.4 is 10.3 Å². The summed E-state index contributed by atoms with van der Waals surface area (Å²) in [5, 5.41) is 0. The average molecular weight is 446 g/mol. The highest BCUT2D eigenvalue weighted by Crippen LogP contribution is 2.32. The molecule has 0 aliphatic carbocycles. The Morgan fingerprint density at radius 3 is 2.03 bits per heavy atom. The zero-order chi connectivity index (χ0) is 22.6. The fourth-order valence-electron chi connectivity index (χ4n) is 3.36. The van der Waals surface area contributed by atoms with Crippen molar-refractivity contribution in [3.63, 3.8) is 0 Å². The van der Waals surface area contributed by atoms with Gasteiger partial charge < -0.3 is 9.15 Å². The van der Waals surface area contributed by atoms with Gasteiger partial charge in [0, 0.05) is 11.6 Å². The monoisotopic (exact) mass is 445 g/mol. The first-order valence-electron chi connectivity index (χ1n) is 10.3. The molecule has 4 aromatic rings. The first-order valence-corrected chi connectivity index (χ1v) is 11.7. The number of ether oxygens (including phenoxy) is 1. The molecule has 0 aliphatic heterocycles. The Labute approximate surface area is 187 Å². The summed E-state index contributed by atoms with van der Waals surface area (Å²) in [6, 6.07) is 27.5. The maximum atomic E-state index is 13.1. The van der Waals surface area contributed by atoms with E-state index in [2.05, 4.69) is 4.40 Å². The second-order valence-electron chi connectivity index (χ2n) is 7.20. The highest BCUT2D eigenvalue weighted by atomic mass is 32.2. The van der Waals surface area contributed by atoms with Gasteiger partial charge in [0.15, 0.2) is 0 Å². The number of nitrogens with zero attached hydrogens (tertiary/aromatic N) is 1. The molecule has 6 heteroatoms. The Hall–Kier alpha value is -3.64. The SMILES string of the molecule is CCOc1cc(-c2ccccc2)c(-c2ccccc2)c(=NS(=O)(=O)c2ccc(C)cc2)o1. The first kappa shape index (κ1) is 21.6. The third-order valence-electron chi connectivity index (χ3n) is 4.90. The quantitative estimate of drug-likeness (QED) is 0.387. The standard InChI is InChI=1S/C26H23NO4S/c1-3-30-24-18-23(20-10-6-4-7-11-20)25(21-12-8-5-9-13-21)26(31-24)27-32(28,29)22-16-14-19(2)15-17-22/h4-18H,3H2,1-2H3. The van der Waals surface area contributed by atoms with Crippen molar-refractivity contribution in [1.29, 1.82) is 0 Å². The molecule has 0 atom stereocenters. The second kappa shape index (κ2) is 9.24. The second-order valence-corrected chi connectivity index (χ2v) is 8.81. The summed E-state index contributed by atoms with van der Waals surface area (Å²) in [6.07, 6.45) is 0. The van der Waals surface area contributed by atoms with Crippen molar-refractivity contribution in [3.8, 4) is 28.2 Å². The first-order chi connectivity index (χ1) is 15.5. The molecular weight excluding hydrogens is 422 g/mol. The summed E-state index contributed by atoms with van der Waals surface area (Å²) in [5.41, 5.74) is 3.97. The minimum atomic E-state index is -4.02. The molecule has 0 amide bonds. The van der Waals surface area contributed by atoms with Crippen LogP contribution >= 0.6 is 0 Å². The van der Waals surface area contributed by atoms with E-state index in [1.165, 1.54) is 0 Å². The van der Waals surface area contributed by atoms with E-state index in [0.717, 1.165) is 22.3 Å². The van der Waals surface area contributed by atoms with Gasteiger partial charge in [0.05, 0.1) is 17.1 Å². The van der Waals surface area contributed by atoms with Crippen LogP contribution in [0.1, 0.15) is 12.5 Å². The molecular formula is C26H23NO4S. The number of sulfonamides is 1. The van der Waals surface area contributed by atoms with E-state index in [9.17, 15) is 8.42 Å². The van der Waals surface area contributed by atoms with Crippen LogP contribution in [0, 0.1) is 6.92 Å². The summed E-state index contributed by atoms with van der Waals surface area (Å²) in [4.78, 5) is 0.0976. The van der Waals surface area contributed by atoms with E-state index >= 15 is 0 Å². The maximum Gasteiger partial charge on any atom is 0.286 e. The third-order valence-corrected chi connectivity index (χ3v) is 6.17. The largest absolute Gasteiger partial charge is 0.465 e. The van der Waals surface area contributed by atoms with Gasteiger partial charge >= 0.3 is 0 Å². The van der Waals surface area contributed by atoms with E-state index in [1.807, 2.05) is 74.5 Å². The predicted octanol–water partition coefficient (Wildman–Crippen LogP) is 5.61. The van der Waals surface area contributed by atoms with E-state index < -0.39 is 10.0 Å². The Bertz CT molecular complexity index is 1380. The topological polar surface area (TPSA) is 68.9 Å². The van der Waals surface area contributed by atoms with Gasteiger partial charge in [0.2, 0.25) is 5.55 Å². The van der Waals surface area contributed by atoms with Gasteiger partial charge in [-0.3, -0.25) is 0 Å². The van der Waals surface area contributed by atoms with Gasteiger partial charge in [0.25, 0.3) is 16.0 Å². The van der Waals surface area contributed by atoms with Crippen LogP contribution in [0.15, 0.2) is 105 Å². The van der Waals surface area contributed by atoms with Crippen LogP contribution in [0.25, 0.3) is 22.3 Å². The zero-order valence-corrected chi connectivity index (χ0v) is 18.7. The van der Waals surface area contributed by atoms with Crippen LogP contribution in [0.5, 0.6) is 5.95 Å². The highest BCUT2D eigenvalue weighted by molar-refractivity contribution is 7.90. The molecule has 0 spiro atoms. The molecule has 0 saturated carbocycles. The minimum absolute atomic E-state index is 0.0263. The normalized spacial score (nSPS) is 12.0. The van der Waals surface area contributed by atoms with Crippen molar-refractivity contribution in [3.05, 3.63) is 102 Å². The minimum Gasteiger partial charge on any atom is -0.465 e. The van der Waals surface area contributed by atoms with Gasteiger partial charge in [-0.15, -0.1) is 4.40 Å². The molecule has 0 N–H and O–H groups in total. The van der Waals surface area contributed by atoms with Crippen molar-refractivity contribution >= 4 is 10.0 Å². The highest BCUT2D eigenvalue weighted by Gasteiger charge is 2.19. The molecule has 0 bridgehead atoms. The lowest BCUT2D eigenvalue weighted by molar-refractivity contribution is 0.242. The predicted molar refractivity (Wildman–Crippen MR) is 125 cm³/mol. The van der Waals surface area contributed by atoms with E-state index in [1.54, 1.807) is 30.3 Å². The van der Waals surface area contributed by atoms with Crippen LogP contribution in [0.2, 0.25) is 0 Å². The van der Waals surface area contributed by atoms with E-state index in [4.69, 9.17) is 9.15 Å². The Kier molecular flexibility index (Phi) is 6.23. The molecule has 0 unspecified atom stereocenters. The number of hydrogen-bond acceptors (Lipinski definition) is 4. The van der Waals surface area contributed by atoms with Crippen molar-refractivity contribution in [2.75, 3.05) is 6.61 Å². The molecule has 3 aromatic carbocycles. The molecule has 1 heterocycles. The number of rotatable bonds is 6. The third kappa shape index (κ3) is 4.65. The smallest absolute Gasteiger partial charge is 0.286 e. The number of aryl methyl sites for hydroxylation is 1. The molecule has 5 nitrogen and oxygen atoms in total. The summed E-state index contributed by atoms with van der Waals surface area (Å²) in [7, 11) is -4.02. The average Bonchev–Trinajstić information content (AvgIpc) is 2.80. The van der Waals surface area contributed by atoms with E-state index in [0.29, 0.717) is 12.2 Å². The van der Waals surface area contributed by atoms with Crippen molar-refractivity contribution in [1.82, 2.24) is 0 Å². The number of hydrogen-bond donors (Lipinski definition) is 0. The summed E-state index contributed by atoms with van der Waals surface area (Å²) >= 11 is 0. The fourth-order valence-corrected chi connectivity index (χ4v) is 4.29. The molecule has 1 aromatic heterocycles. The van der Waals surface area contributed by atoms with Crippen molar-refractivity contribution in [2.45, 2.75) is 18.7 Å². The van der Waals surface area contributed by atoms with Crippen LogP contribution in [-0.4, -0.2) is 15.0 Å². The Morgan fingerprint density at radius 2 is 1.44 bits per heavy atom. The summed E-state index contributed by atoms with van der Waals surface area (Å²) in [6.45, 7) is 4.10. The number of benzene rings is 3. The Balaban J connectivity index is 2.05. The molecule has 0 radical (unpaired) electrons. The zero-order valence-electron chi connectivity index (χ0n) is 17.9. The molecule has 4 rings (SSSR count). The summed E-state index contributed by atoms with van der Waals surface area (Å²) < 4.78 is 41.9. The molecule has 0 aliphatic rings. The van der Waals surface area contributed by atoms with Crippen LogP contribution in [-0.2, 0) is 10.0 Å². The van der Waals surface area contributed by atoms with Gasteiger partial charge in [-0.1, -0.05) is 78.4 Å². The molecule has 162 valence electrons. The lowest BCUT2D eigenvalue weighted by Crippen LogP contribution is -2.13. The van der Waals surface area contributed by atoms with Crippen molar-refractivity contribution < 1.29 is 17.6 Å². The van der Waals surface area contributed by atoms with Gasteiger partial charge in [-0.2, -0.15) is 8.42 Å². The Morgan fingerprint density at radius 1 is 0.844 bits per heavy atom. The van der Waals surface area contributed by atoms with Crippen LogP contribution in [0.4, 0.5) is 0 Å². The van der Waals surface area contributed by atoms with Gasteiger partial charge in [0.1, 0.15) is 0 Å². The molecule has 0 saturated heterocycles. The van der Waals surface area contributed by atoms with Crippen LogP contribution in [0.3, 0.4) is 0 Å². The maximum absolute atomic E-state index is 13.1. The summed E-state index contributed by atoms with van der Waals surface area (Å²) in [5.74, 6) is 0.198. The fraction of sp³-hybridized carbons (Fsp3) is 0.115. The molecule has 32 heavy (non-hydrogen) atoms. The van der Waals surface area contributed by atoms with Gasteiger partial charge in [-0.05, 0) is 37.1 Å². The van der Waals surface area contributed by atoms with Gasteiger partial charge in [-0.25, -0.2) is 0 Å². The lowest BCUT2D eigenvalue weighted by atomic mass is 9.96. The van der Waals surface area contributed by atoms with Crippen molar-refractivity contribution in [2.24, 2.45) is 4.40 Å².